The van der Waals surface area contributed by atoms with Crippen molar-refractivity contribution in [3.05, 3.63) is 92.7 Å². The lowest BCUT2D eigenvalue weighted by Crippen LogP contribution is -2.24. The molecule has 1 heterocycles. The number of hydrazone groups is 1. The zero-order chi connectivity index (χ0) is 23.2. The Balaban J connectivity index is 1.33. The Morgan fingerprint density at radius 2 is 1.82 bits per heavy atom. The zero-order valence-corrected chi connectivity index (χ0v) is 20.1. The van der Waals surface area contributed by atoms with Crippen LogP contribution in [0.4, 0.5) is 0 Å². The van der Waals surface area contributed by atoms with E-state index in [9.17, 15) is 9.59 Å². The standard InChI is InChI=1S/C24H16BrClN2O4S/c25-16-8-10-17(11-9-16)31-14-21(29)28-27-13-15-4-3-5-18(12-15)32-24(30)23-22(26)19-6-1-2-7-20(19)33-23/h1-13H,14H2,(H,28,29). The highest BCUT2D eigenvalue weighted by Crippen LogP contribution is 2.35. The Bertz CT molecular complexity index is 1340. The van der Waals surface area contributed by atoms with E-state index in [1.165, 1.54) is 17.6 Å². The Kier molecular flexibility index (Phi) is 7.39. The number of amides is 1. The molecule has 1 N–H and O–H groups in total. The van der Waals surface area contributed by atoms with Gasteiger partial charge in [0.2, 0.25) is 0 Å². The fourth-order valence-electron chi connectivity index (χ4n) is 2.85. The van der Waals surface area contributed by atoms with Gasteiger partial charge in [-0.2, -0.15) is 5.10 Å². The second-order valence-corrected chi connectivity index (χ2v) is 9.08. The summed E-state index contributed by atoms with van der Waals surface area (Å²) in [6.45, 7) is -0.174. The lowest BCUT2D eigenvalue weighted by Gasteiger charge is -2.05. The van der Waals surface area contributed by atoms with Gasteiger partial charge in [-0.15, -0.1) is 11.3 Å². The number of fused-ring (bicyclic) bond motifs is 1. The molecule has 0 spiro atoms. The molecule has 0 saturated heterocycles. The van der Waals surface area contributed by atoms with E-state index in [1.54, 1.807) is 36.4 Å². The predicted octanol–water partition coefficient (Wildman–Crippen LogP) is 6.07. The summed E-state index contributed by atoms with van der Waals surface area (Å²) in [5, 5.41) is 5.12. The zero-order valence-electron chi connectivity index (χ0n) is 17.0. The minimum atomic E-state index is -0.534. The summed E-state index contributed by atoms with van der Waals surface area (Å²) in [6.07, 6.45) is 1.45. The molecule has 3 aromatic carbocycles. The molecule has 0 aliphatic rings. The van der Waals surface area contributed by atoms with Crippen LogP contribution in [0.5, 0.6) is 11.5 Å². The summed E-state index contributed by atoms with van der Waals surface area (Å²) in [5.74, 6) is -0.0298. The third-order valence-corrected chi connectivity index (χ3v) is 6.56. The predicted molar refractivity (Wildman–Crippen MR) is 134 cm³/mol. The van der Waals surface area contributed by atoms with Gasteiger partial charge in [0, 0.05) is 14.6 Å². The van der Waals surface area contributed by atoms with Gasteiger partial charge in [-0.1, -0.05) is 57.9 Å². The van der Waals surface area contributed by atoms with Gasteiger partial charge in [-0.05, 0) is 48.0 Å². The molecule has 4 aromatic rings. The molecule has 0 atom stereocenters. The van der Waals surface area contributed by atoms with Crippen molar-refractivity contribution >= 4 is 67.0 Å². The normalized spacial score (nSPS) is 11.0. The number of hydrogen-bond donors (Lipinski definition) is 1. The van der Waals surface area contributed by atoms with Gasteiger partial charge >= 0.3 is 5.97 Å². The van der Waals surface area contributed by atoms with Crippen molar-refractivity contribution in [2.24, 2.45) is 5.10 Å². The summed E-state index contributed by atoms with van der Waals surface area (Å²) in [5.41, 5.74) is 3.03. The van der Waals surface area contributed by atoms with E-state index in [2.05, 4.69) is 26.5 Å². The second-order valence-electron chi connectivity index (χ2n) is 6.74. The van der Waals surface area contributed by atoms with Crippen LogP contribution in [0.25, 0.3) is 10.1 Å². The summed E-state index contributed by atoms with van der Waals surface area (Å²) >= 11 is 11.0. The average molecular weight is 544 g/mol. The largest absolute Gasteiger partial charge is 0.484 e. The van der Waals surface area contributed by atoms with E-state index in [0.717, 1.165) is 14.6 Å². The number of esters is 1. The lowest BCUT2D eigenvalue weighted by atomic mass is 10.2. The second kappa shape index (κ2) is 10.6. The van der Waals surface area contributed by atoms with Crippen molar-refractivity contribution in [3.63, 3.8) is 0 Å². The maximum absolute atomic E-state index is 12.6. The molecule has 33 heavy (non-hydrogen) atoms. The van der Waals surface area contributed by atoms with E-state index >= 15 is 0 Å². The van der Waals surface area contributed by atoms with Crippen molar-refractivity contribution in [2.45, 2.75) is 0 Å². The Hall–Kier alpha value is -3.20. The van der Waals surface area contributed by atoms with Crippen LogP contribution in [-0.2, 0) is 4.79 Å². The highest BCUT2D eigenvalue weighted by Gasteiger charge is 2.19. The number of benzene rings is 3. The summed E-state index contributed by atoms with van der Waals surface area (Å²) in [4.78, 5) is 24.9. The molecule has 0 unspecified atom stereocenters. The third kappa shape index (κ3) is 5.98. The fourth-order valence-corrected chi connectivity index (χ4v) is 4.50. The number of nitrogens with one attached hydrogen (secondary N) is 1. The van der Waals surface area contributed by atoms with Crippen LogP contribution in [0.1, 0.15) is 15.2 Å². The van der Waals surface area contributed by atoms with Crippen LogP contribution in [0.2, 0.25) is 5.02 Å². The molecular formula is C24H16BrClN2O4S. The van der Waals surface area contributed by atoms with Gasteiger partial charge < -0.3 is 9.47 Å². The number of thiophene rings is 1. The highest BCUT2D eigenvalue weighted by molar-refractivity contribution is 9.10. The Morgan fingerprint density at radius 1 is 1.03 bits per heavy atom. The number of rotatable bonds is 7. The van der Waals surface area contributed by atoms with Crippen LogP contribution in [0, 0.1) is 0 Å². The van der Waals surface area contributed by atoms with E-state index in [1.807, 2.05) is 36.4 Å². The van der Waals surface area contributed by atoms with E-state index in [0.29, 0.717) is 27.0 Å². The molecule has 0 saturated carbocycles. The van der Waals surface area contributed by atoms with Crippen LogP contribution < -0.4 is 14.9 Å². The summed E-state index contributed by atoms with van der Waals surface area (Å²) in [6, 6.07) is 21.4. The first kappa shape index (κ1) is 23.0. The smallest absolute Gasteiger partial charge is 0.355 e. The van der Waals surface area contributed by atoms with Crippen LogP contribution in [0.3, 0.4) is 0 Å². The van der Waals surface area contributed by atoms with Crippen LogP contribution >= 0.6 is 38.9 Å². The SMILES string of the molecule is O=C(COc1ccc(Br)cc1)NN=Cc1cccc(OC(=O)c2sc3ccccc3c2Cl)c1. The van der Waals surface area contributed by atoms with Crippen molar-refractivity contribution < 1.29 is 19.1 Å². The molecule has 0 aliphatic carbocycles. The average Bonchev–Trinajstić information content (AvgIpc) is 3.16. The van der Waals surface area contributed by atoms with Gasteiger partial charge in [-0.3, -0.25) is 4.79 Å². The van der Waals surface area contributed by atoms with Gasteiger partial charge in [0.15, 0.2) is 6.61 Å². The molecule has 166 valence electrons. The maximum Gasteiger partial charge on any atom is 0.355 e. The van der Waals surface area contributed by atoms with Gasteiger partial charge in [-0.25, -0.2) is 10.2 Å². The molecule has 0 radical (unpaired) electrons. The lowest BCUT2D eigenvalue weighted by molar-refractivity contribution is -0.123. The number of carbonyl (C=O) groups excluding carboxylic acids is 2. The molecule has 9 heteroatoms. The van der Waals surface area contributed by atoms with E-state index in [4.69, 9.17) is 21.1 Å². The van der Waals surface area contributed by atoms with Gasteiger partial charge in [0.1, 0.15) is 16.4 Å². The molecule has 1 amide bonds. The minimum Gasteiger partial charge on any atom is -0.484 e. The number of nitrogens with zero attached hydrogens (tertiary/aromatic N) is 1. The van der Waals surface area contributed by atoms with Crippen molar-refractivity contribution in [3.8, 4) is 11.5 Å². The molecule has 1 aromatic heterocycles. The summed E-state index contributed by atoms with van der Waals surface area (Å²) in [7, 11) is 0. The van der Waals surface area contributed by atoms with E-state index in [-0.39, 0.29) is 6.61 Å². The number of hydrogen-bond acceptors (Lipinski definition) is 6. The maximum atomic E-state index is 12.6. The number of carbonyl (C=O) groups is 2. The first-order valence-corrected chi connectivity index (χ1v) is 11.7. The minimum absolute atomic E-state index is 0.174. The topological polar surface area (TPSA) is 77.0 Å². The van der Waals surface area contributed by atoms with E-state index < -0.39 is 11.9 Å². The molecule has 0 fully saturated rings. The van der Waals surface area contributed by atoms with Crippen molar-refractivity contribution in [1.29, 1.82) is 0 Å². The molecule has 6 nitrogen and oxygen atoms in total. The van der Waals surface area contributed by atoms with Crippen LogP contribution in [0.15, 0.2) is 82.4 Å². The van der Waals surface area contributed by atoms with Crippen molar-refractivity contribution in [2.75, 3.05) is 6.61 Å². The quantitative estimate of drug-likeness (QED) is 0.133. The Morgan fingerprint density at radius 3 is 2.61 bits per heavy atom. The van der Waals surface area contributed by atoms with Gasteiger partial charge in [0.25, 0.3) is 5.91 Å². The first-order chi connectivity index (χ1) is 16.0. The third-order valence-electron chi connectivity index (χ3n) is 4.38. The Labute approximate surface area is 206 Å². The van der Waals surface area contributed by atoms with Crippen molar-refractivity contribution in [1.82, 2.24) is 5.43 Å². The molecule has 0 aliphatic heterocycles. The number of halogens is 2. The molecule has 4 rings (SSSR count). The van der Waals surface area contributed by atoms with Crippen LogP contribution in [-0.4, -0.2) is 24.7 Å². The first-order valence-electron chi connectivity index (χ1n) is 9.69. The number of ether oxygens (including phenoxy) is 2. The summed E-state index contributed by atoms with van der Waals surface area (Å²) < 4.78 is 12.7. The van der Waals surface area contributed by atoms with Gasteiger partial charge in [0.05, 0.1) is 11.2 Å². The monoisotopic (exact) mass is 542 g/mol. The molecular weight excluding hydrogens is 528 g/mol. The fraction of sp³-hybridized carbons (Fsp3) is 0.0417. The highest BCUT2D eigenvalue weighted by atomic mass is 79.9. The molecule has 0 bridgehead atoms.